The van der Waals surface area contributed by atoms with Crippen LogP contribution in [0.25, 0.3) is 0 Å². The van der Waals surface area contributed by atoms with E-state index in [9.17, 15) is 0 Å². The predicted molar refractivity (Wildman–Crippen MR) is 98.3 cm³/mol. The summed E-state index contributed by atoms with van der Waals surface area (Å²) in [5.74, 6) is 0. The van der Waals surface area contributed by atoms with Crippen molar-refractivity contribution in [1.29, 1.82) is 0 Å². The van der Waals surface area contributed by atoms with Crippen LogP contribution in [-0.4, -0.2) is 12.3 Å². The number of hydrogen-bond donors (Lipinski definition) is 2. The van der Waals surface area contributed by atoms with Crippen molar-refractivity contribution in [1.82, 2.24) is 10.6 Å². The lowest BCUT2D eigenvalue weighted by Gasteiger charge is -2.32. The van der Waals surface area contributed by atoms with Crippen molar-refractivity contribution < 1.29 is 0 Å². The van der Waals surface area contributed by atoms with Crippen molar-refractivity contribution in [2.75, 3.05) is 9.80 Å². The van der Waals surface area contributed by atoms with Gasteiger partial charge in [-0.3, -0.25) is 0 Å². The smallest absolute Gasteiger partial charge is 0.1000 e. The quantitative estimate of drug-likeness (QED) is 0.871. The van der Waals surface area contributed by atoms with Crippen LogP contribution in [0.3, 0.4) is 0 Å². The molecule has 0 aliphatic carbocycles. The third-order valence-electron chi connectivity index (χ3n) is 4.75. The Hall–Kier alpha value is -2.10. The molecule has 0 bridgehead atoms. The maximum atomic E-state index is 3.36. The van der Waals surface area contributed by atoms with E-state index in [1.807, 2.05) is 12.4 Å². The lowest BCUT2D eigenvalue weighted by Crippen LogP contribution is -2.35. The van der Waals surface area contributed by atoms with Gasteiger partial charge >= 0.3 is 0 Å². The Morgan fingerprint density at radius 3 is 1.61 bits per heavy atom. The molecule has 3 rings (SSSR count). The zero-order valence-corrected chi connectivity index (χ0v) is 15.0. The summed E-state index contributed by atoms with van der Waals surface area (Å²) in [6, 6.07) is 4.68. The van der Waals surface area contributed by atoms with Gasteiger partial charge in [0.2, 0.25) is 0 Å². The highest BCUT2D eigenvalue weighted by atomic mass is 15.3. The summed E-state index contributed by atoms with van der Waals surface area (Å²) in [6.45, 7) is 13.4. The maximum Gasteiger partial charge on any atom is 0.1000 e. The summed E-state index contributed by atoms with van der Waals surface area (Å²) >= 11 is 0. The van der Waals surface area contributed by atoms with E-state index in [1.165, 1.54) is 22.5 Å². The summed E-state index contributed by atoms with van der Waals surface area (Å²) < 4.78 is 0. The molecule has 4 heteroatoms. The van der Waals surface area contributed by atoms with Gasteiger partial charge in [0.1, 0.15) is 0 Å². The van der Waals surface area contributed by atoms with Crippen molar-refractivity contribution in [3.05, 3.63) is 48.1 Å². The second-order valence-corrected chi connectivity index (χ2v) is 7.52. The van der Waals surface area contributed by atoms with E-state index < -0.39 is 0 Å². The maximum absolute atomic E-state index is 3.36. The molecular weight excluding hydrogens is 284 g/mol. The summed E-state index contributed by atoms with van der Waals surface area (Å²) in [5.41, 5.74) is 5.31. The van der Waals surface area contributed by atoms with E-state index in [2.05, 4.69) is 86.5 Å². The molecule has 2 N–H and O–H groups in total. The predicted octanol–water partition coefficient (Wildman–Crippen LogP) is 3.75. The first-order valence-corrected chi connectivity index (χ1v) is 8.36. The molecule has 0 saturated carbocycles. The van der Waals surface area contributed by atoms with E-state index in [0.29, 0.717) is 0 Å². The largest absolute Gasteiger partial charge is 0.370 e. The van der Waals surface area contributed by atoms with E-state index in [-0.39, 0.29) is 17.7 Å². The molecule has 0 saturated heterocycles. The molecule has 1 aromatic carbocycles. The van der Waals surface area contributed by atoms with Gasteiger partial charge in [-0.15, -0.1) is 0 Å². The Labute approximate surface area is 139 Å². The van der Waals surface area contributed by atoms with Crippen LogP contribution in [-0.2, 0) is 5.41 Å². The average molecular weight is 312 g/mol. The Morgan fingerprint density at radius 1 is 0.870 bits per heavy atom. The topological polar surface area (TPSA) is 30.5 Å². The number of nitrogens with one attached hydrogen (secondary N) is 2. The highest BCUT2D eigenvalue weighted by Crippen LogP contribution is 2.38. The summed E-state index contributed by atoms with van der Waals surface area (Å²) in [7, 11) is 0. The van der Waals surface area contributed by atoms with Crippen molar-refractivity contribution in [2.24, 2.45) is 0 Å². The Kier molecular flexibility index (Phi) is 3.78. The molecule has 0 unspecified atom stereocenters. The van der Waals surface area contributed by atoms with Crippen molar-refractivity contribution >= 4 is 11.4 Å². The van der Waals surface area contributed by atoms with Gasteiger partial charge in [0.05, 0.1) is 12.3 Å². The summed E-state index contributed by atoms with van der Waals surface area (Å²) in [6.07, 6.45) is 8.86. The minimum atomic E-state index is 0.109. The highest BCUT2D eigenvalue weighted by molar-refractivity contribution is 5.72. The first-order valence-electron chi connectivity index (χ1n) is 8.36. The molecule has 4 nitrogen and oxygen atoms in total. The minimum absolute atomic E-state index is 0.109. The van der Waals surface area contributed by atoms with Crippen LogP contribution in [0, 0.1) is 6.92 Å². The fourth-order valence-electron chi connectivity index (χ4n) is 3.18. The van der Waals surface area contributed by atoms with Crippen LogP contribution in [0.5, 0.6) is 0 Å². The van der Waals surface area contributed by atoms with Gasteiger partial charge in [0.25, 0.3) is 0 Å². The van der Waals surface area contributed by atoms with E-state index >= 15 is 0 Å². The summed E-state index contributed by atoms with van der Waals surface area (Å²) in [4.78, 5) is 4.62. The number of benzene rings is 1. The first kappa shape index (κ1) is 15.8. The Balaban J connectivity index is 2.15. The highest BCUT2D eigenvalue weighted by Gasteiger charge is 2.26. The molecule has 2 aliphatic heterocycles. The lowest BCUT2D eigenvalue weighted by molar-refractivity contribution is 0.588. The SMILES string of the molecule is Cc1c(N2C=CN[C@H]2C)cc(C(C)(C)C)cc1N1C=CN[C@@H]1C. The van der Waals surface area contributed by atoms with Crippen LogP contribution in [0.15, 0.2) is 36.9 Å². The zero-order valence-electron chi connectivity index (χ0n) is 15.0. The molecule has 124 valence electrons. The van der Waals surface area contributed by atoms with E-state index in [0.717, 1.165) is 0 Å². The van der Waals surface area contributed by atoms with Crippen molar-refractivity contribution in [2.45, 2.75) is 59.3 Å². The van der Waals surface area contributed by atoms with Crippen LogP contribution in [0.2, 0.25) is 0 Å². The van der Waals surface area contributed by atoms with Gasteiger partial charge in [0, 0.05) is 36.2 Å². The van der Waals surface area contributed by atoms with Gasteiger partial charge in [-0.2, -0.15) is 0 Å². The van der Waals surface area contributed by atoms with Gasteiger partial charge in [-0.05, 0) is 49.4 Å². The number of hydrogen-bond acceptors (Lipinski definition) is 4. The van der Waals surface area contributed by atoms with Crippen LogP contribution in [0.1, 0.15) is 45.7 Å². The summed E-state index contributed by atoms with van der Waals surface area (Å²) in [5, 5.41) is 6.71. The molecule has 2 atom stereocenters. The van der Waals surface area contributed by atoms with Gasteiger partial charge < -0.3 is 20.4 Å². The minimum Gasteiger partial charge on any atom is -0.370 e. The number of nitrogens with zero attached hydrogens (tertiary/aromatic N) is 2. The number of anilines is 2. The second kappa shape index (κ2) is 5.52. The Morgan fingerprint density at radius 2 is 1.30 bits per heavy atom. The van der Waals surface area contributed by atoms with E-state index in [4.69, 9.17) is 0 Å². The fraction of sp³-hybridized carbons (Fsp3) is 0.474. The van der Waals surface area contributed by atoms with Gasteiger partial charge in [-0.25, -0.2) is 0 Å². The van der Waals surface area contributed by atoms with Crippen molar-refractivity contribution in [3.63, 3.8) is 0 Å². The van der Waals surface area contributed by atoms with Gasteiger partial charge in [-0.1, -0.05) is 20.8 Å². The second-order valence-electron chi connectivity index (χ2n) is 7.52. The molecule has 0 radical (unpaired) electrons. The molecule has 2 heterocycles. The Bertz CT molecular complexity index is 607. The van der Waals surface area contributed by atoms with Crippen molar-refractivity contribution in [3.8, 4) is 0 Å². The zero-order chi connectivity index (χ0) is 16.8. The molecular formula is C19H28N4. The van der Waals surface area contributed by atoms with Crippen LogP contribution in [0.4, 0.5) is 11.4 Å². The molecule has 0 aromatic heterocycles. The molecule has 2 aliphatic rings. The fourth-order valence-corrected chi connectivity index (χ4v) is 3.18. The standard InChI is InChI=1S/C19H28N4/c1-13-17(22-9-7-20-14(22)2)11-16(19(4,5)6)12-18(13)23-10-8-21-15(23)3/h7-12,14-15,20-21H,1-6H3/t14-,15+. The van der Waals surface area contributed by atoms with Crippen LogP contribution < -0.4 is 20.4 Å². The molecule has 0 amide bonds. The monoisotopic (exact) mass is 312 g/mol. The lowest BCUT2D eigenvalue weighted by atomic mass is 9.85. The molecule has 23 heavy (non-hydrogen) atoms. The third kappa shape index (κ3) is 2.78. The molecule has 1 aromatic rings. The first-order chi connectivity index (χ1) is 10.8. The normalized spacial score (nSPS) is 23.4. The van der Waals surface area contributed by atoms with Gasteiger partial charge in [0.15, 0.2) is 0 Å². The molecule has 0 fully saturated rings. The van der Waals surface area contributed by atoms with Crippen LogP contribution >= 0.6 is 0 Å². The molecule has 0 spiro atoms. The average Bonchev–Trinajstić information content (AvgIpc) is 3.07. The van der Waals surface area contributed by atoms with E-state index in [1.54, 1.807) is 0 Å². The number of rotatable bonds is 2. The third-order valence-corrected chi connectivity index (χ3v) is 4.75.